The Hall–Kier alpha value is -3.87. The normalized spacial score (nSPS) is 11.2. The molecule has 1 amide bonds. The lowest BCUT2D eigenvalue weighted by atomic mass is 10.1. The summed E-state index contributed by atoms with van der Waals surface area (Å²) in [5.74, 6) is 0.560. The Kier molecular flexibility index (Phi) is 7.05. The van der Waals surface area contributed by atoms with E-state index < -0.39 is 0 Å². The Morgan fingerprint density at radius 2 is 1.60 bits per heavy atom. The van der Waals surface area contributed by atoms with Crippen molar-refractivity contribution in [3.63, 3.8) is 0 Å². The Morgan fingerprint density at radius 3 is 2.20 bits per heavy atom. The molecule has 0 aliphatic heterocycles. The van der Waals surface area contributed by atoms with E-state index in [0.29, 0.717) is 11.3 Å². The Balaban J connectivity index is 1.57. The monoisotopic (exact) mass is 471 g/mol. The van der Waals surface area contributed by atoms with Gasteiger partial charge in [0.2, 0.25) is 0 Å². The number of hydrogen-bond donors (Lipinski definition) is 1. The minimum absolute atomic E-state index is 0.0848. The van der Waals surface area contributed by atoms with Gasteiger partial charge in [-0.1, -0.05) is 0 Å². The third kappa shape index (κ3) is 5.29. The van der Waals surface area contributed by atoms with Crippen molar-refractivity contribution in [1.29, 1.82) is 0 Å². The van der Waals surface area contributed by atoms with Crippen molar-refractivity contribution in [3.8, 4) is 11.4 Å². The van der Waals surface area contributed by atoms with Gasteiger partial charge in [-0.2, -0.15) is 4.80 Å². The summed E-state index contributed by atoms with van der Waals surface area (Å²) in [5.41, 5.74) is 6.93. The molecule has 0 spiro atoms. The highest BCUT2D eigenvalue weighted by Crippen LogP contribution is 2.25. The van der Waals surface area contributed by atoms with Crippen LogP contribution in [0.2, 0.25) is 0 Å². The minimum atomic E-state index is -0.182. The maximum atomic E-state index is 12.8. The van der Waals surface area contributed by atoms with Crippen molar-refractivity contribution in [2.75, 3.05) is 23.3 Å². The highest BCUT2D eigenvalue weighted by atomic mass is 16.5. The molecule has 0 atom stereocenters. The van der Waals surface area contributed by atoms with Crippen LogP contribution in [0.1, 0.15) is 49.2 Å². The molecule has 0 saturated heterocycles. The number of anilines is 2. The molecule has 0 bridgehead atoms. The zero-order valence-corrected chi connectivity index (χ0v) is 21.3. The lowest BCUT2D eigenvalue weighted by Gasteiger charge is -2.22. The molecule has 0 saturated carbocycles. The van der Waals surface area contributed by atoms with E-state index in [4.69, 9.17) is 14.9 Å². The first-order valence-corrected chi connectivity index (χ1v) is 12.1. The van der Waals surface area contributed by atoms with Crippen molar-refractivity contribution >= 4 is 28.3 Å². The van der Waals surface area contributed by atoms with Gasteiger partial charge >= 0.3 is 0 Å². The van der Waals surface area contributed by atoms with Crippen LogP contribution in [0.5, 0.6) is 5.75 Å². The average Bonchev–Trinajstić information content (AvgIpc) is 3.22. The van der Waals surface area contributed by atoms with Crippen LogP contribution >= 0.6 is 0 Å². The summed E-state index contributed by atoms with van der Waals surface area (Å²) >= 11 is 0. The van der Waals surface area contributed by atoms with Crippen molar-refractivity contribution in [1.82, 2.24) is 15.0 Å². The molecule has 1 aromatic heterocycles. The highest BCUT2D eigenvalue weighted by Gasteiger charge is 2.14. The van der Waals surface area contributed by atoms with E-state index in [0.717, 1.165) is 46.7 Å². The molecule has 182 valence electrons. The fraction of sp³-hybridized carbons (Fsp3) is 0.321. The van der Waals surface area contributed by atoms with Crippen LogP contribution in [0.15, 0.2) is 54.6 Å². The molecule has 4 rings (SSSR count). The number of hydrogen-bond acceptors (Lipinski definition) is 5. The number of amides is 1. The van der Waals surface area contributed by atoms with Gasteiger partial charge in [-0.3, -0.25) is 4.79 Å². The molecular weight excluding hydrogens is 438 g/mol. The Bertz CT molecular complexity index is 1340. The van der Waals surface area contributed by atoms with Crippen molar-refractivity contribution in [2.45, 2.75) is 47.6 Å². The molecule has 7 heteroatoms. The fourth-order valence-electron chi connectivity index (χ4n) is 4.11. The van der Waals surface area contributed by atoms with E-state index in [-0.39, 0.29) is 12.0 Å². The van der Waals surface area contributed by atoms with Crippen LogP contribution in [0.3, 0.4) is 0 Å². The number of aromatic nitrogens is 3. The van der Waals surface area contributed by atoms with E-state index in [2.05, 4.69) is 49.2 Å². The van der Waals surface area contributed by atoms with Gasteiger partial charge in [0.05, 0.1) is 11.8 Å². The first-order valence-electron chi connectivity index (χ1n) is 12.1. The molecule has 1 heterocycles. The summed E-state index contributed by atoms with van der Waals surface area (Å²) in [6, 6.07) is 17.3. The van der Waals surface area contributed by atoms with Gasteiger partial charge in [-0.05, 0) is 107 Å². The summed E-state index contributed by atoms with van der Waals surface area (Å²) in [5, 5.41) is 12.4. The van der Waals surface area contributed by atoms with Gasteiger partial charge in [0.1, 0.15) is 16.8 Å². The molecule has 0 fully saturated rings. The number of carbonyl (C=O) groups excluding carboxylic acids is 1. The number of aryl methyl sites for hydroxylation is 2. The lowest BCUT2D eigenvalue weighted by Crippen LogP contribution is -2.21. The average molecular weight is 472 g/mol. The second kappa shape index (κ2) is 10.2. The third-order valence-corrected chi connectivity index (χ3v) is 5.99. The summed E-state index contributed by atoms with van der Waals surface area (Å²) in [6.45, 7) is 14.2. The molecule has 1 N–H and O–H groups in total. The smallest absolute Gasteiger partial charge is 0.255 e. The molecule has 0 radical (unpaired) electrons. The maximum Gasteiger partial charge on any atom is 0.255 e. The van der Waals surface area contributed by atoms with E-state index >= 15 is 0 Å². The van der Waals surface area contributed by atoms with Gasteiger partial charge < -0.3 is 15.0 Å². The quantitative estimate of drug-likeness (QED) is 0.345. The standard InChI is InChI=1S/C28H33N5O2/c1-7-32(8-2)22-11-14-27(20(6)15-22)33-30-25-16-19(5)24(17-26(25)31-33)29-28(34)21-9-12-23(13-10-21)35-18(3)4/h9-18H,7-8H2,1-6H3,(H,29,34). The van der Waals surface area contributed by atoms with E-state index in [1.807, 2.05) is 45.0 Å². The van der Waals surface area contributed by atoms with E-state index in [1.54, 1.807) is 16.9 Å². The SMILES string of the molecule is CCN(CC)c1ccc(-n2nc3cc(C)c(NC(=O)c4ccc(OC(C)C)cc4)cc3n2)c(C)c1. The number of fused-ring (bicyclic) bond motifs is 1. The van der Waals surface area contributed by atoms with Crippen LogP contribution in [-0.4, -0.2) is 40.1 Å². The largest absolute Gasteiger partial charge is 0.491 e. The Labute approximate surface area is 206 Å². The molecule has 35 heavy (non-hydrogen) atoms. The van der Waals surface area contributed by atoms with Crippen LogP contribution in [0.25, 0.3) is 16.7 Å². The van der Waals surface area contributed by atoms with Crippen molar-refractivity contribution in [3.05, 3.63) is 71.3 Å². The first-order chi connectivity index (χ1) is 16.8. The minimum Gasteiger partial charge on any atom is -0.491 e. The van der Waals surface area contributed by atoms with Crippen LogP contribution in [0, 0.1) is 13.8 Å². The Morgan fingerprint density at radius 1 is 0.943 bits per heavy atom. The van der Waals surface area contributed by atoms with Gasteiger partial charge in [0.25, 0.3) is 5.91 Å². The van der Waals surface area contributed by atoms with Crippen LogP contribution in [0.4, 0.5) is 11.4 Å². The number of carbonyl (C=O) groups is 1. The molecular formula is C28H33N5O2. The first kappa shape index (κ1) is 24.3. The number of nitrogens with zero attached hydrogens (tertiary/aromatic N) is 4. The van der Waals surface area contributed by atoms with Gasteiger partial charge in [0, 0.05) is 30.0 Å². The molecule has 0 unspecified atom stereocenters. The topological polar surface area (TPSA) is 72.3 Å². The lowest BCUT2D eigenvalue weighted by molar-refractivity contribution is 0.102. The molecule has 0 aliphatic rings. The number of rotatable bonds is 8. The maximum absolute atomic E-state index is 12.8. The predicted molar refractivity (Wildman–Crippen MR) is 142 cm³/mol. The summed E-state index contributed by atoms with van der Waals surface area (Å²) in [4.78, 5) is 16.8. The van der Waals surface area contributed by atoms with E-state index in [9.17, 15) is 4.79 Å². The van der Waals surface area contributed by atoms with Crippen LogP contribution < -0.4 is 15.0 Å². The zero-order chi connectivity index (χ0) is 25.1. The molecule has 4 aromatic rings. The van der Waals surface area contributed by atoms with Crippen molar-refractivity contribution in [2.24, 2.45) is 0 Å². The molecule has 3 aromatic carbocycles. The zero-order valence-electron chi connectivity index (χ0n) is 21.3. The van der Waals surface area contributed by atoms with Gasteiger partial charge in [0.15, 0.2) is 0 Å². The fourth-order valence-corrected chi connectivity index (χ4v) is 4.11. The predicted octanol–water partition coefficient (Wildman–Crippen LogP) is 5.92. The number of nitrogens with one attached hydrogen (secondary N) is 1. The van der Waals surface area contributed by atoms with E-state index in [1.165, 1.54) is 5.69 Å². The van der Waals surface area contributed by atoms with Gasteiger partial charge in [-0.25, -0.2) is 0 Å². The second-order valence-corrected chi connectivity index (χ2v) is 8.93. The molecule has 0 aliphatic carbocycles. The summed E-state index contributed by atoms with van der Waals surface area (Å²) in [7, 11) is 0. The van der Waals surface area contributed by atoms with Crippen LogP contribution in [-0.2, 0) is 0 Å². The molecule has 7 nitrogen and oxygen atoms in total. The second-order valence-electron chi connectivity index (χ2n) is 8.93. The summed E-state index contributed by atoms with van der Waals surface area (Å²) < 4.78 is 5.66. The highest BCUT2D eigenvalue weighted by molar-refractivity contribution is 6.05. The number of ether oxygens (including phenoxy) is 1. The number of benzene rings is 3. The van der Waals surface area contributed by atoms with Gasteiger partial charge in [-0.15, -0.1) is 10.2 Å². The third-order valence-electron chi connectivity index (χ3n) is 5.99. The summed E-state index contributed by atoms with van der Waals surface area (Å²) in [6.07, 6.45) is 0.0848. The van der Waals surface area contributed by atoms with Crippen molar-refractivity contribution < 1.29 is 9.53 Å².